The minimum absolute atomic E-state index is 0.00262. The number of aromatic nitrogens is 2. The van der Waals surface area contributed by atoms with Crippen LogP contribution in [0.3, 0.4) is 0 Å². The van der Waals surface area contributed by atoms with Crippen molar-refractivity contribution in [2.75, 3.05) is 12.4 Å². The zero-order chi connectivity index (χ0) is 17.6. The van der Waals surface area contributed by atoms with Gasteiger partial charge in [0.15, 0.2) is 14.1 Å². The van der Waals surface area contributed by atoms with Gasteiger partial charge in [0.05, 0.1) is 17.9 Å². The first kappa shape index (κ1) is 17.8. The van der Waals surface area contributed by atoms with E-state index in [0.29, 0.717) is 17.9 Å². The summed E-state index contributed by atoms with van der Waals surface area (Å²) in [5.74, 6) is 1.35. The summed E-state index contributed by atoms with van der Waals surface area (Å²) in [6.45, 7) is 2.03. The molecule has 0 saturated carbocycles. The van der Waals surface area contributed by atoms with E-state index in [1.54, 1.807) is 29.4 Å². The van der Waals surface area contributed by atoms with E-state index in [0.717, 1.165) is 19.7 Å². The third kappa shape index (κ3) is 4.56. The maximum atomic E-state index is 11.6. The first-order chi connectivity index (χ1) is 12.1. The highest BCUT2D eigenvalue weighted by Gasteiger charge is 2.09. The number of carbonyl (C=O) groups is 1. The second-order valence-electron chi connectivity index (χ2n) is 5.13. The van der Waals surface area contributed by atoms with E-state index in [4.69, 9.17) is 17.0 Å². The molecule has 0 saturated heterocycles. The second-order valence-corrected chi connectivity index (χ2v) is 8.10. The van der Waals surface area contributed by atoms with Gasteiger partial charge in [0.1, 0.15) is 5.75 Å². The maximum absolute atomic E-state index is 11.6. The number of ketones is 1. The topological polar surface area (TPSA) is 44.1 Å². The Morgan fingerprint density at radius 2 is 1.92 bits per heavy atom. The number of Topliss-reactive ketones (excluding diaryl/α,β-unsaturated/α-hetero) is 1. The molecule has 4 nitrogen and oxygen atoms in total. The molecule has 1 heterocycles. The molecule has 3 aromatic rings. The summed E-state index contributed by atoms with van der Waals surface area (Å²) in [6, 6.07) is 17.1. The SMILES string of the molecule is CC(=O)c1ccccc1OCCSc1nn(-c2ccccc2)c(=S)s1. The van der Waals surface area contributed by atoms with Crippen LogP contribution < -0.4 is 4.74 Å². The Morgan fingerprint density at radius 3 is 2.68 bits per heavy atom. The fourth-order valence-electron chi connectivity index (χ4n) is 2.22. The molecule has 0 aliphatic rings. The van der Waals surface area contributed by atoms with Crippen molar-refractivity contribution >= 4 is 41.1 Å². The molecule has 7 heteroatoms. The van der Waals surface area contributed by atoms with Gasteiger partial charge < -0.3 is 4.74 Å². The third-order valence-electron chi connectivity index (χ3n) is 3.36. The number of ether oxygens (including phenoxy) is 1. The lowest BCUT2D eigenvalue weighted by molar-refractivity contribution is 0.101. The lowest BCUT2D eigenvalue weighted by Gasteiger charge is -2.08. The Morgan fingerprint density at radius 1 is 1.20 bits per heavy atom. The van der Waals surface area contributed by atoms with Crippen LogP contribution >= 0.6 is 35.3 Å². The van der Waals surface area contributed by atoms with Crippen molar-refractivity contribution in [2.24, 2.45) is 0 Å². The molecule has 0 aliphatic heterocycles. The lowest BCUT2D eigenvalue weighted by Crippen LogP contribution is -2.04. The van der Waals surface area contributed by atoms with Gasteiger partial charge in [-0.15, -0.1) is 5.10 Å². The van der Waals surface area contributed by atoms with Crippen molar-refractivity contribution in [3.63, 3.8) is 0 Å². The van der Waals surface area contributed by atoms with E-state index in [9.17, 15) is 4.79 Å². The van der Waals surface area contributed by atoms with E-state index in [-0.39, 0.29) is 5.78 Å². The molecule has 0 radical (unpaired) electrons. The Hall–Kier alpha value is -1.96. The molecular formula is C18H16N2O2S3. The molecule has 128 valence electrons. The average Bonchev–Trinajstić information content (AvgIpc) is 3.00. The summed E-state index contributed by atoms with van der Waals surface area (Å²) in [5, 5.41) is 4.55. The Labute approximate surface area is 159 Å². The van der Waals surface area contributed by atoms with Gasteiger partial charge in [-0.3, -0.25) is 4.79 Å². The van der Waals surface area contributed by atoms with Gasteiger partial charge in [0.2, 0.25) is 0 Å². The lowest BCUT2D eigenvalue weighted by atomic mass is 10.1. The number of nitrogens with zero attached hydrogens (tertiary/aromatic N) is 2. The third-order valence-corrected chi connectivity index (χ3v) is 5.69. The van der Waals surface area contributed by atoms with Crippen LogP contribution in [0.15, 0.2) is 58.9 Å². The van der Waals surface area contributed by atoms with Gasteiger partial charge in [-0.1, -0.05) is 53.4 Å². The van der Waals surface area contributed by atoms with Gasteiger partial charge in [-0.2, -0.15) is 0 Å². The minimum Gasteiger partial charge on any atom is -0.492 e. The van der Waals surface area contributed by atoms with Gasteiger partial charge in [0.25, 0.3) is 0 Å². The van der Waals surface area contributed by atoms with E-state index >= 15 is 0 Å². The van der Waals surface area contributed by atoms with Crippen molar-refractivity contribution in [1.29, 1.82) is 0 Å². The fourth-order valence-corrected chi connectivity index (χ4v) is 4.46. The standard InChI is InChI=1S/C18H16N2O2S3/c1-13(21)15-9-5-6-10-16(15)22-11-12-24-17-19-20(18(23)25-17)14-7-3-2-4-8-14/h2-10H,11-12H2,1H3. The molecule has 0 amide bonds. The number of hydrogen-bond donors (Lipinski definition) is 0. The minimum atomic E-state index is 0.00262. The number of carbonyl (C=O) groups excluding carboxylic acids is 1. The van der Waals surface area contributed by atoms with Crippen molar-refractivity contribution in [2.45, 2.75) is 11.3 Å². The summed E-state index contributed by atoms with van der Waals surface area (Å²) >= 11 is 8.47. The van der Waals surface area contributed by atoms with Crippen LogP contribution in [0.2, 0.25) is 0 Å². The molecule has 1 aromatic heterocycles. The maximum Gasteiger partial charge on any atom is 0.184 e. The highest BCUT2D eigenvalue weighted by molar-refractivity contribution is 8.01. The van der Waals surface area contributed by atoms with E-state index in [1.807, 2.05) is 48.5 Å². The molecule has 0 unspecified atom stereocenters. The van der Waals surface area contributed by atoms with Crippen molar-refractivity contribution in [3.8, 4) is 11.4 Å². The first-order valence-corrected chi connectivity index (χ1v) is 9.87. The molecule has 0 spiro atoms. The summed E-state index contributed by atoms with van der Waals surface area (Å²) in [7, 11) is 0. The summed E-state index contributed by atoms with van der Waals surface area (Å²) in [5.41, 5.74) is 1.57. The molecule has 0 fully saturated rings. The van der Waals surface area contributed by atoms with Crippen LogP contribution in [0.25, 0.3) is 5.69 Å². The molecule has 0 bridgehead atoms. The average molecular weight is 389 g/mol. The van der Waals surface area contributed by atoms with Crippen LogP contribution in [0.4, 0.5) is 0 Å². The second kappa shape index (κ2) is 8.42. The van der Waals surface area contributed by atoms with E-state index in [2.05, 4.69) is 5.10 Å². The molecule has 0 atom stereocenters. The predicted octanol–water partition coefficient (Wildman–Crippen LogP) is 5.04. The number of rotatable bonds is 7. The summed E-state index contributed by atoms with van der Waals surface area (Å²) < 4.78 is 9.14. The highest BCUT2D eigenvalue weighted by Crippen LogP contribution is 2.24. The molecular weight excluding hydrogens is 372 g/mol. The highest BCUT2D eigenvalue weighted by atomic mass is 32.2. The number of thioether (sulfide) groups is 1. The largest absolute Gasteiger partial charge is 0.492 e. The molecule has 3 rings (SSSR count). The quantitative estimate of drug-likeness (QED) is 0.246. The monoisotopic (exact) mass is 388 g/mol. The predicted molar refractivity (Wildman–Crippen MR) is 105 cm³/mol. The normalized spacial score (nSPS) is 10.6. The zero-order valence-corrected chi connectivity index (χ0v) is 16.0. The van der Waals surface area contributed by atoms with Gasteiger partial charge >= 0.3 is 0 Å². The van der Waals surface area contributed by atoms with E-state index < -0.39 is 0 Å². The number of benzene rings is 2. The summed E-state index contributed by atoms with van der Waals surface area (Å²) in [4.78, 5) is 11.6. The van der Waals surface area contributed by atoms with Crippen molar-refractivity contribution < 1.29 is 9.53 Å². The summed E-state index contributed by atoms with van der Waals surface area (Å²) in [6.07, 6.45) is 0. The Balaban J connectivity index is 1.59. The van der Waals surface area contributed by atoms with Crippen LogP contribution in [0.1, 0.15) is 17.3 Å². The smallest absolute Gasteiger partial charge is 0.184 e. The molecule has 2 aromatic carbocycles. The molecule has 0 N–H and O–H groups in total. The van der Waals surface area contributed by atoms with Crippen molar-refractivity contribution in [3.05, 3.63) is 64.1 Å². The number of hydrogen-bond acceptors (Lipinski definition) is 6. The van der Waals surface area contributed by atoms with Crippen LogP contribution in [-0.4, -0.2) is 27.9 Å². The van der Waals surface area contributed by atoms with Crippen LogP contribution in [-0.2, 0) is 0 Å². The Bertz CT molecular complexity index is 919. The number of para-hydroxylation sites is 2. The molecule has 0 aliphatic carbocycles. The molecule has 25 heavy (non-hydrogen) atoms. The van der Waals surface area contributed by atoms with Gasteiger partial charge in [-0.25, -0.2) is 4.68 Å². The fraction of sp³-hybridized carbons (Fsp3) is 0.167. The Kier molecular flexibility index (Phi) is 6.01. The van der Waals surface area contributed by atoms with Crippen LogP contribution in [0, 0.1) is 3.95 Å². The van der Waals surface area contributed by atoms with Gasteiger partial charge in [0, 0.05) is 5.75 Å². The van der Waals surface area contributed by atoms with Crippen LogP contribution in [0.5, 0.6) is 5.75 Å². The zero-order valence-electron chi connectivity index (χ0n) is 13.5. The van der Waals surface area contributed by atoms with E-state index in [1.165, 1.54) is 11.3 Å². The van der Waals surface area contributed by atoms with Crippen molar-refractivity contribution in [1.82, 2.24) is 9.78 Å². The first-order valence-electron chi connectivity index (χ1n) is 7.66. The van der Waals surface area contributed by atoms with Gasteiger partial charge in [-0.05, 0) is 43.4 Å².